The van der Waals surface area contributed by atoms with Gasteiger partial charge in [-0.3, -0.25) is 4.79 Å². The van der Waals surface area contributed by atoms with Crippen LogP contribution in [0.25, 0.3) is 10.9 Å². The summed E-state index contributed by atoms with van der Waals surface area (Å²) in [5.41, 5.74) is 2.22. The van der Waals surface area contributed by atoms with Crippen molar-refractivity contribution in [2.24, 2.45) is 0 Å². The molecule has 3 aromatic rings. The van der Waals surface area contributed by atoms with Gasteiger partial charge < -0.3 is 29.2 Å². The molecule has 0 aliphatic rings. The van der Waals surface area contributed by atoms with E-state index in [1.165, 1.54) is 0 Å². The minimum Gasteiger partial charge on any atom is -0.493 e. The lowest BCUT2D eigenvalue weighted by Gasteiger charge is -2.15. The van der Waals surface area contributed by atoms with E-state index in [0.29, 0.717) is 28.7 Å². The van der Waals surface area contributed by atoms with Gasteiger partial charge in [-0.05, 0) is 31.5 Å². The topological polar surface area (TPSA) is 81.8 Å². The van der Waals surface area contributed by atoms with Gasteiger partial charge in [0.1, 0.15) is 5.75 Å². The van der Waals surface area contributed by atoms with Crippen LogP contribution in [0.5, 0.6) is 23.0 Å². The first-order valence-corrected chi connectivity index (χ1v) is 9.32. The Labute approximate surface area is 169 Å². The molecule has 0 atom stereocenters. The van der Waals surface area contributed by atoms with E-state index >= 15 is 0 Å². The number of benzene rings is 2. The van der Waals surface area contributed by atoms with Crippen molar-refractivity contribution in [2.75, 3.05) is 26.6 Å². The maximum atomic E-state index is 12.8. The Kier molecular flexibility index (Phi) is 6.16. The fraction of sp³-hybridized carbons (Fsp3) is 0.318. The number of rotatable bonds is 8. The van der Waals surface area contributed by atoms with Crippen LogP contribution in [0.2, 0.25) is 0 Å². The van der Waals surface area contributed by atoms with E-state index in [9.17, 15) is 4.79 Å². The van der Waals surface area contributed by atoms with Crippen LogP contribution in [-0.2, 0) is 11.2 Å². The standard InChI is InChI=1S/C22H26N2O5/c1-13(2)29-17-9-7-6-8-15(17)24-19(25)10-14-12-23-16-11-18(26-3)21(27-4)22(28-5)20(14)16/h6-9,11-13,23H,10H2,1-5H3,(H,24,25). The summed E-state index contributed by atoms with van der Waals surface area (Å²) in [6, 6.07) is 9.21. The Morgan fingerprint density at radius 3 is 2.41 bits per heavy atom. The van der Waals surface area contributed by atoms with Crippen LogP contribution in [-0.4, -0.2) is 38.3 Å². The van der Waals surface area contributed by atoms with E-state index in [1.807, 2.05) is 44.2 Å². The summed E-state index contributed by atoms with van der Waals surface area (Å²) in [5.74, 6) is 2.03. The lowest BCUT2D eigenvalue weighted by Crippen LogP contribution is -2.16. The number of nitrogens with one attached hydrogen (secondary N) is 2. The Morgan fingerprint density at radius 1 is 1.03 bits per heavy atom. The van der Waals surface area contributed by atoms with E-state index in [-0.39, 0.29) is 18.4 Å². The normalized spacial score (nSPS) is 10.8. The first-order chi connectivity index (χ1) is 14.0. The van der Waals surface area contributed by atoms with Crippen LogP contribution < -0.4 is 24.3 Å². The second-order valence-corrected chi connectivity index (χ2v) is 6.77. The molecule has 29 heavy (non-hydrogen) atoms. The number of anilines is 1. The van der Waals surface area contributed by atoms with Gasteiger partial charge in [0.05, 0.1) is 45.1 Å². The van der Waals surface area contributed by atoms with Crippen molar-refractivity contribution in [3.8, 4) is 23.0 Å². The van der Waals surface area contributed by atoms with Crippen molar-refractivity contribution < 1.29 is 23.7 Å². The summed E-state index contributed by atoms with van der Waals surface area (Å²) in [6.45, 7) is 3.89. The average molecular weight is 398 g/mol. The summed E-state index contributed by atoms with van der Waals surface area (Å²) in [5, 5.41) is 3.72. The maximum Gasteiger partial charge on any atom is 0.228 e. The molecular formula is C22H26N2O5. The van der Waals surface area contributed by atoms with Crippen LogP contribution in [0.4, 0.5) is 5.69 Å². The molecular weight excluding hydrogens is 372 g/mol. The number of carbonyl (C=O) groups excluding carboxylic acids is 1. The van der Waals surface area contributed by atoms with Crippen molar-refractivity contribution in [2.45, 2.75) is 26.4 Å². The highest BCUT2D eigenvalue weighted by molar-refractivity contribution is 6.00. The first kappa shape index (κ1) is 20.4. The van der Waals surface area contributed by atoms with Gasteiger partial charge in [0, 0.05) is 17.6 Å². The molecule has 0 fully saturated rings. The summed E-state index contributed by atoms with van der Waals surface area (Å²) in [4.78, 5) is 15.9. The Hall–Kier alpha value is -3.35. The first-order valence-electron chi connectivity index (χ1n) is 9.32. The van der Waals surface area contributed by atoms with E-state index in [4.69, 9.17) is 18.9 Å². The zero-order valence-electron chi connectivity index (χ0n) is 17.3. The number of fused-ring (bicyclic) bond motifs is 1. The van der Waals surface area contributed by atoms with Gasteiger partial charge in [-0.2, -0.15) is 0 Å². The van der Waals surface area contributed by atoms with Crippen LogP contribution in [0.3, 0.4) is 0 Å². The van der Waals surface area contributed by atoms with Crippen molar-refractivity contribution in [1.82, 2.24) is 4.98 Å². The predicted octanol–water partition coefficient (Wildman–Crippen LogP) is 4.16. The molecule has 2 N–H and O–H groups in total. The zero-order chi connectivity index (χ0) is 21.0. The minimum atomic E-state index is -0.164. The predicted molar refractivity (Wildman–Crippen MR) is 112 cm³/mol. The third kappa shape index (κ3) is 4.23. The van der Waals surface area contributed by atoms with Crippen LogP contribution >= 0.6 is 0 Å². The van der Waals surface area contributed by atoms with E-state index in [1.54, 1.807) is 27.5 Å². The second kappa shape index (κ2) is 8.77. The van der Waals surface area contributed by atoms with E-state index in [0.717, 1.165) is 16.5 Å². The number of methoxy groups -OCH3 is 3. The maximum absolute atomic E-state index is 12.8. The summed E-state index contributed by atoms with van der Waals surface area (Å²) >= 11 is 0. The largest absolute Gasteiger partial charge is 0.493 e. The van der Waals surface area contributed by atoms with Gasteiger partial charge in [0.2, 0.25) is 11.7 Å². The van der Waals surface area contributed by atoms with Gasteiger partial charge in [-0.1, -0.05) is 12.1 Å². The highest BCUT2D eigenvalue weighted by atomic mass is 16.5. The van der Waals surface area contributed by atoms with Gasteiger partial charge >= 0.3 is 0 Å². The molecule has 0 unspecified atom stereocenters. The number of hydrogen-bond donors (Lipinski definition) is 2. The molecule has 0 aliphatic heterocycles. The zero-order valence-corrected chi connectivity index (χ0v) is 17.3. The lowest BCUT2D eigenvalue weighted by atomic mass is 10.1. The van der Waals surface area contributed by atoms with Crippen molar-refractivity contribution in [3.63, 3.8) is 0 Å². The highest BCUT2D eigenvalue weighted by Crippen LogP contribution is 2.44. The monoisotopic (exact) mass is 398 g/mol. The molecule has 1 heterocycles. The number of aromatic amines is 1. The number of carbonyl (C=O) groups is 1. The molecule has 0 saturated carbocycles. The second-order valence-electron chi connectivity index (χ2n) is 6.77. The molecule has 0 saturated heterocycles. The van der Waals surface area contributed by atoms with Crippen molar-refractivity contribution in [1.29, 1.82) is 0 Å². The Balaban J connectivity index is 1.90. The van der Waals surface area contributed by atoms with Crippen molar-refractivity contribution >= 4 is 22.5 Å². The van der Waals surface area contributed by atoms with E-state index in [2.05, 4.69) is 10.3 Å². The fourth-order valence-electron chi connectivity index (χ4n) is 3.26. The summed E-state index contributed by atoms with van der Waals surface area (Å²) in [7, 11) is 4.68. The van der Waals surface area contributed by atoms with Gasteiger partial charge in [-0.15, -0.1) is 0 Å². The molecule has 0 radical (unpaired) electrons. The fourth-order valence-corrected chi connectivity index (χ4v) is 3.26. The minimum absolute atomic E-state index is 0.00776. The number of H-pyrrole nitrogens is 1. The quantitative estimate of drug-likeness (QED) is 0.595. The Bertz CT molecular complexity index is 1010. The molecule has 1 aromatic heterocycles. The third-order valence-electron chi connectivity index (χ3n) is 4.43. The van der Waals surface area contributed by atoms with Gasteiger partial charge in [-0.25, -0.2) is 0 Å². The number of hydrogen-bond acceptors (Lipinski definition) is 5. The van der Waals surface area contributed by atoms with Gasteiger partial charge in [0.15, 0.2) is 11.5 Å². The highest BCUT2D eigenvalue weighted by Gasteiger charge is 2.21. The smallest absolute Gasteiger partial charge is 0.228 e. The number of para-hydroxylation sites is 2. The molecule has 7 nitrogen and oxygen atoms in total. The van der Waals surface area contributed by atoms with Gasteiger partial charge in [0.25, 0.3) is 0 Å². The van der Waals surface area contributed by atoms with Crippen molar-refractivity contribution in [3.05, 3.63) is 42.1 Å². The number of amides is 1. The molecule has 0 spiro atoms. The molecule has 7 heteroatoms. The summed E-state index contributed by atoms with van der Waals surface area (Å²) < 4.78 is 22.2. The molecule has 2 aromatic carbocycles. The lowest BCUT2D eigenvalue weighted by molar-refractivity contribution is -0.115. The third-order valence-corrected chi connectivity index (χ3v) is 4.43. The van der Waals surface area contributed by atoms with E-state index < -0.39 is 0 Å². The average Bonchev–Trinajstić information content (AvgIpc) is 3.09. The molecule has 0 bridgehead atoms. The molecule has 154 valence electrons. The number of ether oxygens (including phenoxy) is 4. The molecule has 0 aliphatic carbocycles. The van der Waals surface area contributed by atoms with Crippen LogP contribution in [0, 0.1) is 0 Å². The van der Waals surface area contributed by atoms with Crippen LogP contribution in [0.1, 0.15) is 19.4 Å². The summed E-state index contributed by atoms with van der Waals surface area (Å²) in [6.07, 6.45) is 1.96. The van der Waals surface area contributed by atoms with Crippen LogP contribution in [0.15, 0.2) is 36.5 Å². The SMILES string of the molecule is COc1cc2[nH]cc(CC(=O)Nc3ccccc3OC(C)C)c2c(OC)c1OC. The Morgan fingerprint density at radius 2 is 1.76 bits per heavy atom. The number of aromatic nitrogens is 1. The molecule has 3 rings (SSSR count). The molecule has 1 amide bonds.